The first-order valence-corrected chi connectivity index (χ1v) is 7.15. The fraction of sp³-hybridized carbons (Fsp3) is 0.400. The Kier molecular flexibility index (Phi) is 3.60. The number of nitrogens with zero attached hydrogens (tertiary/aromatic N) is 3. The second-order valence-electron chi connectivity index (χ2n) is 5.44. The Bertz CT molecular complexity index is 660. The van der Waals surface area contributed by atoms with Gasteiger partial charge in [-0.3, -0.25) is 0 Å². The molecule has 1 aromatic carbocycles. The van der Waals surface area contributed by atoms with Gasteiger partial charge in [0.25, 0.3) is 0 Å². The molecule has 6 heteroatoms. The summed E-state index contributed by atoms with van der Waals surface area (Å²) in [4.78, 5) is 11.9. The van der Waals surface area contributed by atoms with Crippen molar-refractivity contribution in [3.8, 4) is 0 Å². The van der Waals surface area contributed by atoms with E-state index in [9.17, 15) is 4.79 Å². The maximum Gasteiger partial charge on any atom is 0.319 e. The summed E-state index contributed by atoms with van der Waals surface area (Å²) in [5.41, 5.74) is 1.89. The van der Waals surface area contributed by atoms with E-state index >= 15 is 0 Å². The van der Waals surface area contributed by atoms with Crippen LogP contribution in [-0.4, -0.2) is 20.8 Å². The Morgan fingerprint density at radius 3 is 2.86 bits per heavy atom. The van der Waals surface area contributed by atoms with Gasteiger partial charge in [-0.1, -0.05) is 12.1 Å². The fourth-order valence-electron chi connectivity index (χ4n) is 2.40. The third-order valence-corrected chi connectivity index (χ3v) is 3.53. The van der Waals surface area contributed by atoms with Crippen LogP contribution in [-0.2, 0) is 6.54 Å². The van der Waals surface area contributed by atoms with Gasteiger partial charge in [0.1, 0.15) is 5.82 Å². The van der Waals surface area contributed by atoms with Gasteiger partial charge < -0.3 is 15.2 Å². The topological polar surface area (TPSA) is 71.8 Å². The van der Waals surface area contributed by atoms with E-state index in [1.54, 1.807) is 0 Å². The van der Waals surface area contributed by atoms with Crippen molar-refractivity contribution in [1.82, 2.24) is 20.1 Å². The van der Waals surface area contributed by atoms with E-state index in [1.807, 2.05) is 38.1 Å². The van der Waals surface area contributed by atoms with Gasteiger partial charge in [0, 0.05) is 11.7 Å². The summed E-state index contributed by atoms with van der Waals surface area (Å²) in [6.45, 7) is 4.32. The largest absolute Gasteiger partial charge is 0.331 e. The first kappa shape index (κ1) is 13.6. The predicted molar refractivity (Wildman–Crippen MR) is 80.1 cm³/mol. The van der Waals surface area contributed by atoms with Crippen molar-refractivity contribution in [3.63, 3.8) is 0 Å². The molecule has 3 rings (SSSR count). The summed E-state index contributed by atoms with van der Waals surface area (Å²) in [5.74, 6) is 1.72. The van der Waals surface area contributed by atoms with Crippen molar-refractivity contribution in [2.45, 2.75) is 39.3 Å². The van der Waals surface area contributed by atoms with Gasteiger partial charge in [0.15, 0.2) is 5.82 Å². The van der Waals surface area contributed by atoms with Crippen molar-refractivity contribution in [2.75, 3.05) is 5.32 Å². The fourth-order valence-corrected chi connectivity index (χ4v) is 2.40. The number of rotatable bonds is 4. The Morgan fingerprint density at radius 2 is 2.14 bits per heavy atom. The van der Waals surface area contributed by atoms with Gasteiger partial charge in [-0.2, -0.15) is 0 Å². The molecule has 1 aliphatic carbocycles. The summed E-state index contributed by atoms with van der Waals surface area (Å²) < 4.78 is 2.12. The lowest BCUT2D eigenvalue weighted by Gasteiger charge is -2.09. The van der Waals surface area contributed by atoms with Crippen LogP contribution in [0.1, 0.15) is 36.1 Å². The Labute approximate surface area is 123 Å². The number of carbonyl (C=O) groups is 1. The number of aryl methyl sites for hydroxylation is 2. The molecular weight excluding hydrogens is 266 g/mol. The maximum absolute atomic E-state index is 11.9. The molecule has 0 unspecified atom stereocenters. The van der Waals surface area contributed by atoms with Gasteiger partial charge in [-0.15, -0.1) is 10.2 Å². The molecule has 0 bridgehead atoms. The van der Waals surface area contributed by atoms with E-state index in [-0.39, 0.29) is 6.03 Å². The van der Waals surface area contributed by atoms with E-state index in [0.717, 1.165) is 22.9 Å². The number of aromatic nitrogens is 3. The monoisotopic (exact) mass is 285 g/mol. The normalized spacial score (nSPS) is 14.0. The Hall–Kier alpha value is -2.37. The zero-order valence-corrected chi connectivity index (χ0v) is 12.3. The predicted octanol–water partition coefficient (Wildman–Crippen LogP) is 2.55. The summed E-state index contributed by atoms with van der Waals surface area (Å²) in [5, 5.41) is 13.9. The van der Waals surface area contributed by atoms with Crippen molar-refractivity contribution >= 4 is 11.7 Å². The zero-order chi connectivity index (χ0) is 14.8. The molecule has 0 saturated heterocycles. The van der Waals surface area contributed by atoms with Crippen LogP contribution in [0.5, 0.6) is 0 Å². The molecule has 1 saturated carbocycles. The molecule has 1 heterocycles. The summed E-state index contributed by atoms with van der Waals surface area (Å²) in [6, 6.07) is 7.97. The Morgan fingerprint density at radius 1 is 1.33 bits per heavy atom. The van der Waals surface area contributed by atoms with Crippen LogP contribution >= 0.6 is 0 Å². The lowest BCUT2D eigenvalue weighted by molar-refractivity contribution is 0.251. The lowest BCUT2D eigenvalue weighted by atomic mass is 10.2. The second-order valence-corrected chi connectivity index (χ2v) is 5.44. The molecule has 0 atom stereocenters. The zero-order valence-electron chi connectivity index (χ0n) is 12.3. The first-order chi connectivity index (χ1) is 10.1. The highest BCUT2D eigenvalue weighted by atomic mass is 16.2. The van der Waals surface area contributed by atoms with Crippen LogP contribution in [0.4, 0.5) is 10.5 Å². The number of amides is 2. The number of carbonyl (C=O) groups excluding carboxylic acids is 1. The van der Waals surface area contributed by atoms with E-state index in [1.165, 1.54) is 12.8 Å². The van der Waals surface area contributed by atoms with Crippen LogP contribution < -0.4 is 10.6 Å². The van der Waals surface area contributed by atoms with Crippen LogP contribution in [0.3, 0.4) is 0 Å². The van der Waals surface area contributed by atoms with Crippen LogP contribution in [0.15, 0.2) is 24.3 Å². The molecule has 2 amide bonds. The number of anilines is 1. The number of hydrogen-bond donors (Lipinski definition) is 2. The summed E-state index contributed by atoms with van der Waals surface area (Å²) in [6.07, 6.45) is 2.34. The highest BCUT2D eigenvalue weighted by Gasteiger charge is 2.28. The van der Waals surface area contributed by atoms with Crippen molar-refractivity contribution in [2.24, 2.45) is 0 Å². The molecule has 1 aliphatic rings. The minimum absolute atomic E-state index is 0.233. The van der Waals surface area contributed by atoms with Crippen LogP contribution in [0, 0.1) is 13.8 Å². The molecule has 6 nitrogen and oxygen atoms in total. The molecule has 2 aromatic rings. The minimum Gasteiger partial charge on any atom is -0.331 e. The quantitative estimate of drug-likeness (QED) is 0.906. The van der Waals surface area contributed by atoms with Gasteiger partial charge in [0.2, 0.25) is 0 Å². The highest BCUT2D eigenvalue weighted by Crippen LogP contribution is 2.36. The standard InChI is InChI=1S/C15H19N5O/c1-10-4-3-5-12(8-10)17-15(21)16-9-14-19-18-11(2)20(14)13-6-7-13/h3-5,8,13H,6-7,9H2,1-2H3,(H2,16,17,21). The molecular formula is C15H19N5O. The van der Waals surface area contributed by atoms with Crippen molar-refractivity contribution in [1.29, 1.82) is 0 Å². The van der Waals surface area contributed by atoms with E-state index in [2.05, 4.69) is 25.4 Å². The molecule has 0 aliphatic heterocycles. The molecule has 21 heavy (non-hydrogen) atoms. The molecule has 0 radical (unpaired) electrons. The number of urea groups is 1. The Balaban J connectivity index is 1.59. The molecule has 0 spiro atoms. The van der Waals surface area contributed by atoms with E-state index in [4.69, 9.17) is 0 Å². The van der Waals surface area contributed by atoms with Gasteiger partial charge >= 0.3 is 6.03 Å². The molecule has 1 aromatic heterocycles. The summed E-state index contributed by atoms with van der Waals surface area (Å²) in [7, 11) is 0. The third kappa shape index (κ3) is 3.21. The molecule has 110 valence electrons. The van der Waals surface area contributed by atoms with Crippen molar-refractivity contribution < 1.29 is 4.79 Å². The number of nitrogens with one attached hydrogen (secondary N) is 2. The van der Waals surface area contributed by atoms with Crippen LogP contribution in [0.25, 0.3) is 0 Å². The van der Waals surface area contributed by atoms with E-state index in [0.29, 0.717) is 12.6 Å². The average molecular weight is 285 g/mol. The third-order valence-electron chi connectivity index (χ3n) is 3.53. The number of benzene rings is 1. The van der Waals surface area contributed by atoms with E-state index < -0.39 is 0 Å². The molecule has 2 N–H and O–H groups in total. The molecule has 1 fully saturated rings. The first-order valence-electron chi connectivity index (χ1n) is 7.15. The maximum atomic E-state index is 11.9. The van der Waals surface area contributed by atoms with Crippen molar-refractivity contribution in [3.05, 3.63) is 41.5 Å². The SMILES string of the molecule is Cc1cccc(NC(=O)NCc2nnc(C)n2C2CC2)c1. The second kappa shape index (κ2) is 5.55. The number of hydrogen-bond acceptors (Lipinski definition) is 3. The summed E-state index contributed by atoms with van der Waals surface area (Å²) >= 11 is 0. The smallest absolute Gasteiger partial charge is 0.319 e. The van der Waals surface area contributed by atoms with Crippen LogP contribution in [0.2, 0.25) is 0 Å². The highest BCUT2D eigenvalue weighted by molar-refractivity contribution is 5.89. The van der Waals surface area contributed by atoms with Gasteiger partial charge in [-0.05, 0) is 44.4 Å². The minimum atomic E-state index is -0.233. The average Bonchev–Trinajstić information content (AvgIpc) is 3.20. The lowest BCUT2D eigenvalue weighted by Crippen LogP contribution is -2.29. The van der Waals surface area contributed by atoms with Gasteiger partial charge in [-0.25, -0.2) is 4.79 Å². The van der Waals surface area contributed by atoms with Gasteiger partial charge in [0.05, 0.1) is 6.54 Å².